The molecular weight excluding hydrogens is 262 g/mol. The Bertz CT molecular complexity index is 331. The van der Waals surface area contributed by atoms with Crippen molar-refractivity contribution < 1.29 is 0 Å². The van der Waals surface area contributed by atoms with Crippen molar-refractivity contribution >= 4 is 23.4 Å². The standard InChI is InChI=1S/C15H22ClNS/c16-9-5-1-2-6-10-17-12-14-11-13-7-3-4-8-15(13)18-14/h3-4,7-8,14,17H,1-2,5-6,9-12H2. The number of hydrogen-bond donors (Lipinski definition) is 1. The maximum absolute atomic E-state index is 5.65. The van der Waals surface area contributed by atoms with E-state index in [9.17, 15) is 0 Å². The first-order valence-electron chi connectivity index (χ1n) is 6.91. The molecule has 0 bridgehead atoms. The molecule has 0 amide bonds. The molecule has 1 aromatic rings. The molecule has 0 saturated carbocycles. The third-order valence-corrected chi connectivity index (χ3v) is 4.91. The number of halogens is 1. The summed E-state index contributed by atoms with van der Waals surface area (Å²) in [7, 11) is 0. The highest BCUT2D eigenvalue weighted by atomic mass is 35.5. The molecule has 2 rings (SSSR count). The molecule has 3 heteroatoms. The minimum atomic E-state index is 0.727. The van der Waals surface area contributed by atoms with Crippen molar-refractivity contribution in [3.63, 3.8) is 0 Å². The largest absolute Gasteiger partial charge is 0.316 e. The van der Waals surface area contributed by atoms with Crippen LogP contribution < -0.4 is 5.32 Å². The summed E-state index contributed by atoms with van der Waals surface area (Å²) >= 11 is 7.68. The Kier molecular flexibility index (Phi) is 6.39. The van der Waals surface area contributed by atoms with E-state index in [0.29, 0.717) is 0 Å². The third kappa shape index (κ3) is 4.49. The predicted molar refractivity (Wildman–Crippen MR) is 81.8 cm³/mol. The number of nitrogens with one attached hydrogen (secondary N) is 1. The van der Waals surface area contributed by atoms with Gasteiger partial charge in [-0.2, -0.15) is 0 Å². The number of rotatable bonds is 8. The van der Waals surface area contributed by atoms with Crippen molar-refractivity contribution in [1.29, 1.82) is 0 Å². The average Bonchev–Trinajstić information content (AvgIpc) is 2.80. The fraction of sp³-hybridized carbons (Fsp3) is 0.600. The van der Waals surface area contributed by atoms with E-state index >= 15 is 0 Å². The first kappa shape index (κ1) is 14.2. The minimum Gasteiger partial charge on any atom is -0.316 e. The van der Waals surface area contributed by atoms with E-state index in [2.05, 4.69) is 29.6 Å². The number of fused-ring (bicyclic) bond motifs is 1. The van der Waals surface area contributed by atoms with Crippen molar-refractivity contribution in [2.45, 2.75) is 42.2 Å². The molecule has 18 heavy (non-hydrogen) atoms. The highest BCUT2D eigenvalue weighted by Gasteiger charge is 2.20. The smallest absolute Gasteiger partial charge is 0.0260 e. The van der Waals surface area contributed by atoms with Crippen molar-refractivity contribution in [2.75, 3.05) is 19.0 Å². The van der Waals surface area contributed by atoms with Gasteiger partial charge in [-0.15, -0.1) is 23.4 Å². The monoisotopic (exact) mass is 283 g/mol. The fourth-order valence-electron chi connectivity index (χ4n) is 2.33. The summed E-state index contributed by atoms with van der Waals surface area (Å²) < 4.78 is 0. The van der Waals surface area contributed by atoms with Gasteiger partial charge in [0.05, 0.1) is 0 Å². The van der Waals surface area contributed by atoms with Crippen LogP contribution in [0.2, 0.25) is 0 Å². The van der Waals surface area contributed by atoms with Gasteiger partial charge in [0.2, 0.25) is 0 Å². The zero-order valence-corrected chi connectivity index (χ0v) is 12.4. The van der Waals surface area contributed by atoms with Crippen LogP contribution in [-0.4, -0.2) is 24.2 Å². The van der Waals surface area contributed by atoms with E-state index in [1.54, 1.807) is 0 Å². The molecule has 100 valence electrons. The highest BCUT2D eigenvalue weighted by molar-refractivity contribution is 8.00. The summed E-state index contributed by atoms with van der Waals surface area (Å²) in [6.07, 6.45) is 6.24. The van der Waals surface area contributed by atoms with Gasteiger partial charge in [0.15, 0.2) is 0 Å². The molecule has 1 unspecified atom stereocenters. The SMILES string of the molecule is ClCCCCCCNCC1Cc2ccccc2S1. The third-order valence-electron chi connectivity index (χ3n) is 3.32. The normalized spacial score (nSPS) is 17.9. The van der Waals surface area contributed by atoms with Crippen molar-refractivity contribution in [1.82, 2.24) is 5.32 Å². The Labute approximate surface area is 120 Å². The van der Waals surface area contributed by atoms with Gasteiger partial charge in [-0.25, -0.2) is 0 Å². The molecule has 0 radical (unpaired) electrons. The van der Waals surface area contributed by atoms with Crippen molar-refractivity contribution in [3.05, 3.63) is 29.8 Å². The van der Waals surface area contributed by atoms with E-state index in [4.69, 9.17) is 11.6 Å². The fourth-order valence-corrected chi connectivity index (χ4v) is 3.80. The molecule has 1 aliphatic rings. The van der Waals surface area contributed by atoms with E-state index in [1.807, 2.05) is 11.8 Å². The average molecular weight is 284 g/mol. The molecule has 1 atom stereocenters. The lowest BCUT2D eigenvalue weighted by atomic mass is 10.1. The summed E-state index contributed by atoms with van der Waals surface area (Å²) in [6, 6.07) is 8.78. The van der Waals surface area contributed by atoms with Crippen LogP contribution in [0, 0.1) is 0 Å². The molecule has 0 spiro atoms. The lowest BCUT2D eigenvalue weighted by molar-refractivity contribution is 0.592. The number of hydrogen-bond acceptors (Lipinski definition) is 2. The van der Waals surface area contributed by atoms with Gasteiger partial charge in [-0.05, 0) is 37.4 Å². The molecule has 0 saturated heterocycles. The Balaban J connectivity index is 1.54. The van der Waals surface area contributed by atoms with Crippen LogP contribution in [0.15, 0.2) is 29.2 Å². The summed E-state index contributed by atoms with van der Waals surface area (Å²) in [6.45, 7) is 2.28. The van der Waals surface area contributed by atoms with Crippen molar-refractivity contribution in [2.24, 2.45) is 0 Å². The van der Waals surface area contributed by atoms with E-state index in [-0.39, 0.29) is 0 Å². The first-order valence-corrected chi connectivity index (χ1v) is 8.33. The minimum absolute atomic E-state index is 0.727. The number of benzene rings is 1. The number of thioether (sulfide) groups is 1. The second-order valence-electron chi connectivity index (χ2n) is 4.86. The highest BCUT2D eigenvalue weighted by Crippen LogP contribution is 2.36. The zero-order valence-electron chi connectivity index (χ0n) is 10.8. The van der Waals surface area contributed by atoms with Crippen LogP contribution in [0.25, 0.3) is 0 Å². The summed E-state index contributed by atoms with van der Waals surface area (Å²) in [4.78, 5) is 1.48. The lowest BCUT2D eigenvalue weighted by Crippen LogP contribution is -2.25. The molecule has 0 aliphatic carbocycles. The molecule has 1 aliphatic heterocycles. The maximum Gasteiger partial charge on any atom is 0.0260 e. The lowest BCUT2D eigenvalue weighted by Gasteiger charge is -2.09. The Hall–Kier alpha value is -0.180. The maximum atomic E-state index is 5.65. The van der Waals surface area contributed by atoms with Crippen LogP contribution in [0.4, 0.5) is 0 Å². The van der Waals surface area contributed by atoms with Gasteiger partial charge in [0.1, 0.15) is 0 Å². The number of unbranched alkanes of at least 4 members (excludes halogenated alkanes) is 3. The zero-order chi connectivity index (χ0) is 12.6. The molecular formula is C15H22ClNS. The second-order valence-corrected chi connectivity index (χ2v) is 6.58. The Morgan fingerprint density at radius 2 is 2.00 bits per heavy atom. The van der Waals surface area contributed by atoms with Gasteiger partial charge in [0.25, 0.3) is 0 Å². The molecule has 0 fully saturated rings. The van der Waals surface area contributed by atoms with E-state index in [1.165, 1.54) is 36.1 Å². The van der Waals surface area contributed by atoms with Crippen LogP contribution >= 0.6 is 23.4 Å². The van der Waals surface area contributed by atoms with Gasteiger partial charge in [0, 0.05) is 22.6 Å². The Morgan fingerprint density at radius 3 is 2.83 bits per heavy atom. The topological polar surface area (TPSA) is 12.0 Å². The summed E-state index contributed by atoms with van der Waals surface area (Å²) in [5, 5.41) is 4.31. The number of alkyl halides is 1. The second kappa shape index (κ2) is 8.08. The van der Waals surface area contributed by atoms with Crippen LogP contribution in [0.1, 0.15) is 31.2 Å². The Morgan fingerprint density at radius 1 is 1.17 bits per heavy atom. The molecule has 1 N–H and O–H groups in total. The molecule has 0 aromatic heterocycles. The molecule has 1 nitrogen and oxygen atoms in total. The van der Waals surface area contributed by atoms with E-state index < -0.39 is 0 Å². The van der Waals surface area contributed by atoms with Gasteiger partial charge in [-0.1, -0.05) is 31.0 Å². The van der Waals surface area contributed by atoms with Crippen LogP contribution in [-0.2, 0) is 6.42 Å². The predicted octanol–water partition coefficient (Wildman–Crippen LogP) is 4.09. The van der Waals surface area contributed by atoms with Crippen LogP contribution in [0.3, 0.4) is 0 Å². The van der Waals surface area contributed by atoms with Gasteiger partial charge in [-0.3, -0.25) is 0 Å². The molecule has 1 heterocycles. The summed E-state index contributed by atoms with van der Waals surface area (Å²) in [5.74, 6) is 0.810. The van der Waals surface area contributed by atoms with Crippen LogP contribution in [0.5, 0.6) is 0 Å². The van der Waals surface area contributed by atoms with Gasteiger partial charge < -0.3 is 5.32 Å². The van der Waals surface area contributed by atoms with Crippen molar-refractivity contribution in [3.8, 4) is 0 Å². The molecule has 1 aromatic carbocycles. The quantitative estimate of drug-likeness (QED) is 0.570. The van der Waals surface area contributed by atoms with E-state index in [0.717, 1.165) is 30.6 Å². The summed E-state index contributed by atoms with van der Waals surface area (Å²) in [5.41, 5.74) is 1.52. The van der Waals surface area contributed by atoms with Gasteiger partial charge >= 0.3 is 0 Å². The first-order chi connectivity index (χ1) is 8.90.